The van der Waals surface area contributed by atoms with Crippen molar-refractivity contribution in [2.24, 2.45) is 7.05 Å². The first-order valence-corrected chi connectivity index (χ1v) is 5.61. The van der Waals surface area contributed by atoms with Crippen LogP contribution in [0.4, 0.5) is 11.5 Å². The van der Waals surface area contributed by atoms with Crippen LogP contribution in [0.2, 0.25) is 0 Å². The van der Waals surface area contributed by atoms with Gasteiger partial charge in [-0.15, -0.1) is 0 Å². The summed E-state index contributed by atoms with van der Waals surface area (Å²) in [5.74, 6) is -2.20. The molecule has 0 aromatic carbocycles. The van der Waals surface area contributed by atoms with Crippen molar-refractivity contribution < 1.29 is 19.6 Å². The van der Waals surface area contributed by atoms with E-state index < -0.39 is 16.8 Å². The third-order valence-electron chi connectivity index (χ3n) is 2.53. The Morgan fingerprint density at radius 3 is 2.81 bits per heavy atom. The molecule has 0 bridgehead atoms. The summed E-state index contributed by atoms with van der Waals surface area (Å²) < 4.78 is 2.18. The lowest BCUT2D eigenvalue weighted by Crippen LogP contribution is -2.20. The third kappa shape index (κ3) is 3.02. The van der Waals surface area contributed by atoms with Crippen LogP contribution >= 0.6 is 0 Å². The summed E-state index contributed by atoms with van der Waals surface area (Å²) in [4.78, 5) is 32.6. The number of carbonyl (C=O) groups excluding carboxylic acids is 1. The summed E-state index contributed by atoms with van der Waals surface area (Å²) in [5.41, 5.74) is -0.133. The fraction of sp³-hybridized carbons (Fsp3) is 0.200. The molecular weight excluding hydrogens is 284 g/mol. The largest absolute Gasteiger partial charge is 0.476 e. The number of nitro groups is 1. The zero-order chi connectivity index (χ0) is 15.6. The number of nitrogens with one attached hydrogen (secondary N) is 1. The maximum Gasteiger partial charge on any atom is 0.389 e. The van der Waals surface area contributed by atoms with Crippen LogP contribution in [-0.2, 0) is 18.4 Å². The molecule has 0 spiro atoms. The van der Waals surface area contributed by atoms with E-state index in [-0.39, 0.29) is 23.7 Å². The molecule has 0 saturated carbocycles. The highest BCUT2D eigenvalue weighted by molar-refractivity contribution is 5.99. The molecule has 0 fully saturated rings. The van der Waals surface area contributed by atoms with Gasteiger partial charge in [0.1, 0.15) is 6.54 Å². The molecule has 11 heteroatoms. The van der Waals surface area contributed by atoms with E-state index in [0.29, 0.717) is 0 Å². The molecule has 0 aliphatic rings. The lowest BCUT2D eigenvalue weighted by Gasteiger charge is -2.03. The minimum atomic E-state index is -1.24. The average molecular weight is 294 g/mol. The molecule has 0 aliphatic heterocycles. The zero-order valence-electron chi connectivity index (χ0n) is 10.8. The Hall–Kier alpha value is -3.24. The Morgan fingerprint density at radius 2 is 2.24 bits per heavy atom. The minimum Gasteiger partial charge on any atom is -0.476 e. The normalized spacial score (nSPS) is 10.3. The van der Waals surface area contributed by atoms with Gasteiger partial charge in [-0.2, -0.15) is 9.78 Å². The van der Waals surface area contributed by atoms with Crippen molar-refractivity contribution in [1.29, 1.82) is 0 Å². The molecule has 0 unspecified atom stereocenters. The van der Waals surface area contributed by atoms with E-state index in [4.69, 9.17) is 5.11 Å². The van der Waals surface area contributed by atoms with E-state index in [1.807, 2.05) is 0 Å². The van der Waals surface area contributed by atoms with E-state index >= 15 is 0 Å². The molecule has 2 N–H and O–H groups in total. The lowest BCUT2D eigenvalue weighted by molar-refractivity contribution is -0.389. The quantitative estimate of drug-likeness (QED) is 0.576. The van der Waals surface area contributed by atoms with Crippen LogP contribution in [0.25, 0.3) is 0 Å². The molecule has 0 saturated heterocycles. The first-order chi connectivity index (χ1) is 9.88. The van der Waals surface area contributed by atoms with Gasteiger partial charge < -0.3 is 20.5 Å². The second-order valence-corrected chi connectivity index (χ2v) is 4.01. The molecule has 0 radical (unpaired) electrons. The van der Waals surface area contributed by atoms with Crippen molar-refractivity contribution >= 4 is 23.4 Å². The first-order valence-electron chi connectivity index (χ1n) is 5.61. The van der Waals surface area contributed by atoms with Crippen molar-refractivity contribution in [3.63, 3.8) is 0 Å². The standard InChI is InChI=1S/C10H10N6O5/c1-14-9(10(18)19)6(4-11-14)12-8(17)5-15-3-2-7(13-15)16(20)21/h2-4H,5H2,1H3,(H,12,17)(H,18,19). The van der Waals surface area contributed by atoms with Crippen molar-refractivity contribution in [1.82, 2.24) is 19.6 Å². The van der Waals surface area contributed by atoms with Crippen LogP contribution in [0.3, 0.4) is 0 Å². The van der Waals surface area contributed by atoms with Gasteiger partial charge in [-0.3, -0.25) is 9.48 Å². The molecule has 2 aromatic rings. The Morgan fingerprint density at radius 1 is 1.52 bits per heavy atom. The third-order valence-corrected chi connectivity index (χ3v) is 2.53. The number of aromatic nitrogens is 4. The van der Waals surface area contributed by atoms with E-state index in [9.17, 15) is 19.7 Å². The van der Waals surface area contributed by atoms with Gasteiger partial charge in [-0.25, -0.2) is 4.79 Å². The molecule has 11 nitrogen and oxygen atoms in total. The van der Waals surface area contributed by atoms with Crippen LogP contribution in [0.15, 0.2) is 18.5 Å². The van der Waals surface area contributed by atoms with Crippen LogP contribution in [-0.4, -0.2) is 41.5 Å². The topological polar surface area (TPSA) is 145 Å². The molecule has 2 aromatic heterocycles. The number of carboxylic acids is 1. The summed E-state index contributed by atoms with van der Waals surface area (Å²) in [6, 6.07) is 1.15. The maximum absolute atomic E-state index is 11.8. The van der Waals surface area contributed by atoms with Crippen molar-refractivity contribution in [3.8, 4) is 0 Å². The number of carbonyl (C=O) groups is 2. The summed E-state index contributed by atoms with van der Waals surface area (Å²) in [5, 5.41) is 29.1. The molecule has 2 heterocycles. The predicted molar refractivity (Wildman–Crippen MR) is 67.7 cm³/mol. The maximum atomic E-state index is 11.8. The first kappa shape index (κ1) is 14.2. The Kier molecular flexibility index (Phi) is 3.65. The minimum absolute atomic E-state index is 0.0386. The highest BCUT2D eigenvalue weighted by Gasteiger charge is 2.19. The summed E-state index contributed by atoms with van der Waals surface area (Å²) >= 11 is 0. The highest BCUT2D eigenvalue weighted by Crippen LogP contribution is 2.14. The summed E-state index contributed by atoms with van der Waals surface area (Å²) in [7, 11) is 1.43. The lowest BCUT2D eigenvalue weighted by atomic mass is 10.3. The molecule has 1 amide bonds. The molecular formula is C10H10N6O5. The fourth-order valence-corrected chi connectivity index (χ4v) is 1.66. The SMILES string of the molecule is Cn1ncc(NC(=O)Cn2ccc([N+](=O)[O-])n2)c1C(=O)O. The number of aryl methyl sites for hydroxylation is 1. The molecule has 0 atom stereocenters. The van der Waals surface area contributed by atoms with Gasteiger partial charge in [0.15, 0.2) is 5.69 Å². The molecule has 2 rings (SSSR count). The number of aromatic carboxylic acids is 1. The number of nitrogens with zero attached hydrogens (tertiary/aromatic N) is 5. The van der Waals surface area contributed by atoms with Crippen LogP contribution in [0.5, 0.6) is 0 Å². The Balaban J connectivity index is 2.08. The van der Waals surface area contributed by atoms with E-state index in [2.05, 4.69) is 15.5 Å². The van der Waals surface area contributed by atoms with Crippen LogP contribution in [0, 0.1) is 10.1 Å². The van der Waals surface area contributed by atoms with Gasteiger partial charge >= 0.3 is 11.8 Å². The molecule has 110 valence electrons. The van der Waals surface area contributed by atoms with Gasteiger partial charge in [-0.1, -0.05) is 0 Å². The van der Waals surface area contributed by atoms with E-state index in [1.54, 1.807) is 0 Å². The van der Waals surface area contributed by atoms with Gasteiger partial charge in [0.25, 0.3) is 0 Å². The summed E-state index contributed by atoms with van der Waals surface area (Å²) in [6.45, 7) is -0.290. The van der Waals surface area contributed by atoms with Gasteiger partial charge in [-0.05, 0) is 4.92 Å². The van der Waals surface area contributed by atoms with E-state index in [0.717, 1.165) is 15.4 Å². The fourth-order valence-electron chi connectivity index (χ4n) is 1.66. The number of carboxylic acid groups (broad SMARTS) is 1. The van der Waals surface area contributed by atoms with Gasteiger partial charge in [0.05, 0.1) is 29.2 Å². The average Bonchev–Trinajstić information content (AvgIpc) is 2.96. The summed E-state index contributed by atoms with van der Waals surface area (Å²) in [6.07, 6.45) is 2.48. The Bertz CT molecular complexity index is 717. The second-order valence-electron chi connectivity index (χ2n) is 4.01. The smallest absolute Gasteiger partial charge is 0.389 e. The molecule has 0 aliphatic carbocycles. The van der Waals surface area contributed by atoms with Crippen molar-refractivity contribution in [2.45, 2.75) is 6.54 Å². The van der Waals surface area contributed by atoms with E-state index in [1.165, 1.54) is 19.4 Å². The highest BCUT2D eigenvalue weighted by atomic mass is 16.6. The number of hydrogen-bond acceptors (Lipinski definition) is 6. The van der Waals surface area contributed by atoms with Crippen LogP contribution < -0.4 is 5.32 Å². The number of hydrogen-bond donors (Lipinski definition) is 2. The van der Waals surface area contributed by atoms with Gasteiger partial charge in [0.2, 0.25) is 5.91 Å². The van der Waals surface area contributed by atoms with Crippen LogP contribution in [0.1, 0.15) is 10.5 Å². The number of anilines is 1. The number of rotatable bonds is 5. The zero-order valence-corrected chi connectivity index (χ0v) is 10.8. The van der Waals surface area contributed by atoms with Gasteiger partial charge in [0, 0.05) is 7.05 Å². The number of amides is 1. The predicted octanol–water partition coefficient (Wildman–Crippen LogP) is -0.138. The monoisotopic (exact) mass is 294 g/mol. The van der Waals surface area contributed by atoms with Crippen molar-refractivity contribution in [2.75, 3.05) is 5.32 Å². The Labute approximate surface area is 116 Å². The molecule has 21 heavy (non-hydrogen) atoms. The second kappa shape index (κ2) is 5.40. The van der Waals surface area contributed by atoms with Crippen molar-refractivity contribution in [3.05, 3.63) is 34.3 Å².